The molecule has 0 bridgehead atoms. The van der Waals surface area contributed by atoms with Crippen LogP contribution in [0.4, 0.5) is 0 Å². The number of methoxy groups -OCH3 is 4. The van der Waals surface area contributed by atoms with Crippen LogP contribution < -0.4 is 14.2 Å². The van der Waals surface area contributed by atoms with Gasteiger partial charge in [0.05, 0.1) is 27.9 Å². The molecule has 1 aromatic carbocycles. The fourth-order valence-corrected chi connectivity index (χ4v) is 4.70. The molecule has 2 aliphatic rings. The van der Waals surface area contributed by atoms with E-state index in [1.807, 2.05) is 0 Å². The lowest BCUT2D eigenvalue weighted by Gasteiger charge is -2.40. The molecular formula is C21H34N2O4. The van der Waals surface area contributed by atoms with Crippen LogP contribution in [0.15, 0.2) is 12.1 Å². The van der Waals surface area contributed by atoms with E-state index in [-0.39, 0.29) is 0 Å². The molecule has 6 heteroatoms. The van der Waals surface area contributed by atoms with Crippen molar-refractivity contribution >= 4 is 0 Å². The SMILES string of the molecule is COCCN1CCCC2(CCN(Cc3cc(OC)c(OC)c(OC)c3)C2)C1. The first-order valence-corrected chi connectivity index (χ1v) is 9.85. The second-order valence-corrected chi connectivity index (χ2v) is 7.87. The van der Waals surface area contributed by atoms with Crippen molar-refractivity contribution in [3.63, 3.8) is 0 Å². The third-order valence-electron chi connectivity index (χ3n) is 6.00. The second-order valence-electron chi connectivity index (χ2n) is 7.87. The maximum Gasteiger partial charge on any atom is 0.203 e. The van der Waals surface area contributed by atoms with Crippen molar-refractivity contribution < 1.29 is 18.9 Å². The highest BCUT2D eigenvalue weighted by atomic mass is 16.5. The first kappa shape index (κ1) is 20.2. The summed E-state index contributed by atoms with van der Waals surface area (Å²) in [7, 11) is 6.77. The molecule has 1 unspecified atom stereocenters. The van der Waals surface area contributed by atoms with Crippen molar-refractivity contribution in [3.05, 3.63) is 17.7 Å². The van der Waals surface area contributed by atoms with Crippen LogP contribution in [-0.2, 0) is 11.3 Å². The molecular weight excluding hydrogens is 344 g/mol. The fourth-order valence-electron chi connectivity index (χ4n) is 4.70. The lowest BCUT2D eigenvalue weighted by Crippen LogP contribution is -2.45. The predicted molar refractivity (Wildman–Crippen MR) is 106 cm³/mol. The Morgan fingerprint density at radius 1 is 0.889 bits per heavy atom. The van der Waals surface area contributed by atoms with Crippen LogP contribution >= 0.6 is 0 Å². The predicted octanol–water partition coefficient (Wildman–Crippen LogP) is 2.65. The summed E-state index contributed by atoms with van der Waals surface area (Å²) in [6.45, 7) is 7.49. The number of nitrogens with zero attached hydrogens (tertiary/aromatic N) is 2. The second kappa shape index (κ2) is 9.13. The van der Waals surface area contributed by atoms with Crippen LogP contribution in [0.2, 0.25) is 0 Å². The average Bonchev–Trinajstić information content (AvgIpc) is 3.06. The fraction of sp³-hybridized carbons (Fsp3) is 0.714. The van der Waals surface area contributed by atoms with E-state index in [4.69, 9.17) is 18.9 Å². The Balaban J connectivity index is 1.66. The number of piperidine rings is 1. The quantitative estimate of drug-likeness (QED) is 0.693. The van der Waals surface area contributed by atoms with Gasteiger partial charge in [-0.3, -0.25) is 4.90 Å². The van der Waals surface area contributed by atoms with Gasteiger partial charge in [0.25, 0.3) is 0 Å². The summed E-state index contributed by atoms with van der Waals surface area (Å²) in [5.41, 5.74) is 1.64. The molecule has 1 atom stereocenters. The molecule has 0 amide bonds. The van der Waals surface area contributed by atoms with Gasteiger partial charge in [-0.25, -0.2) is 0 Å². The summed E-state index contributed by atoms with van der Waals surface area (Å²) in [5.74, 6) is 2.11. The van der Waals surface area contributed by atoms with Crippen molar-refractivity contribution in [2.45, 2.75) is 25.8 Å². The standard InChI is InChI=1S/C21H34N2O4/c1-24-11-10-22-8-5-6-21(15-22)7-9-23(16-21)14-17-12-18(25-2)20(27-4)19(13-17)26-3/h12-13H,5-11,14-16H2,1-4H3. The highest BCUT2D eigenvalue weighted by Gasteiger charge is 2.41. The van der Waals surface area contributed by atoms with Gasteiger partial charge in [-0.2, -0.15) is 0 Å². The number of benzene rings is 1. The zero-order chi connectivity index (χ0) is 19.3. The van der Waals surface area contributed by atoms with Gasteiger partial charge >= 0.3 is 0 Å². The van der Waals surface area contributed by atoms with Crippen molar-refractivity contribution in [2.75, 3.05) is 67.8 Å². The Bertz CT molecular complexity index is 599. The number of likely N-dealkylation sites (tertiary alicyclic amines) is 2. The first-order valence-electron chi connectivity index (χ1n) is 9.85. The lowest BCUT2D eigenvalue weighted by atomic mass is 9.79. The van der Waals surface area contributed by atoms with Gasteiger partial charge in [-0.05, 0) is 55.5 Å². The number of rotatable bonds is 8. The van der Waals surface area contributed by atoms with E-state index in [2.05, 4.69) is 21.9 Å². The molecule has 0 aromatic heterocycles. The van der Waals surface area contributed by atoms with E-state index in [0.29, 0.717) is 11.2 Å². The Labute approximate surface area is 163 Å². The molecule has 2 fully saturated rings. The van der Waals surface area contributed by atoms with E-state index in [9.17, 15) is 0 Å². The Morgan fingerprint density at radius 3 is 2.22 bits per heavy atom. The van der Waals surface area contributed by atoms with Gasteiger partial charge in [0.1, 0.15) is 0 Å². The van der Waals surface area contributed by atoms with Gasteiger partial charge in [0.2, 0.25) is 5.75 Å². The van der Waals surface area contributed by atoms with Crippen LogP contribution in [0, 0.1) is 5.41 Å². The molecule has 3 rings (SSSR count). The van der Waals surface area contributed by atoms with Crippen molar-refractivity contribution in [1.82, 2.24) is 9.80 Å². The minimum Gasteiger partial charge on any atom is -0.493 e. The van der Waals surface area contributed by atoms with Gasteiger partial charge in [-0.1, -0.05) is 0 Å². The summed E-state index contributed by atoms with van der Waals surface area (Å²) in [6.07, 6.45) is 3.91. The molecule has 1 spiro atoms. The van der Waals surface area contributed by atoms with Gasteiger partial charge in [0, 0.05) is 33.3 Å². The average molecular weight is 379 g/mol. The van der Waals surface area contributed by atoms with Gasteiger partial charge < -0.3 is 23.8 Å². The van der Waals surface area contributed by atoms with Gasteiger partial charge in [0.15, 0.2) is 11.5 Å². The molecule has 27 heavy (non-hydrogen) atoms. The largest absolute Gasteiger partial charge is 0.493 e. The number of ether oxygens (including phenoxy) is 4. The Kier molecular flexibility index (Phi) is 6.84. The first-order chi connectivity index (χ1) is 13.1. The molecule has 2 aliphatic heterocycles. The normalized spacial score (nSPS) is 23.7. The minimum absolute atomic E-state index is 0.437. The molecule has 6 nitrogen and oxygen atoms in total. The number of hydrogen-bond donors (Lipinski definition) is 0. The van der Waals surface area contributed by atoms with Crippen LogP contribution in [0.3, 0.4) is 0 Å². The molecule has 0 saturated carbocycles. The maximum atomic E-state index is 5.50. The zero-order valence-corrected chi connectivity index (χ0v) is 17.3. The number of hydrogen-bond acceptors (Lipinski definition) is 6. The van der Waals surface area contributed by atoms with Crippen LogP contribution in [0.1, 0.15) is 24.8 Å². The molecule has 2 saturated heterocycles. The summed E-state index contributed by atoms with van der Waals surface area (Å²) >= 11 is 0. The molecule has 152 valence electrons. The van der Waals surface area contributed by atoms with E-state index in [1.54, 1.807) is 28.4 Å². The molecule has 2 heterocycles. The lowest BCUT2D eigenvalue weighted by molar-refractivity contribution is 0.0673. The van der Waals surface area contributed by atoms with Crippen LogP contribution in [0.5, 0.6) is 17.2 Å². The Morgan fingerprint density at radius 2 is 1.59 bits per heavy atom. The smallest absolute Gasteiger partial charge is 0.203 e. The zero-order valence-electron chi connectivity index (χ0n) is 17.3. The molecule has 0 radical (unpaired) electrons. The molecule has 0 N–H and O–H groups in total. The summed E-state index contributed by atoms with van der Waals surface area (Å²) < 4.78 is 21.7. The van der Waals surface area contributed by atoms with E-state index in [1.165, 1.54) is 37.9 Å². The van der Waals surface area contributed by atoms with Gasteiger partial charge in [-0.15, -0.1) is 0 Å². The third-order valence-corrected chi connectivity index (χ3v) is 6.00. The maximum absolute atomic E-state index is 5.50. The van der Waals surface area contributed by atoms with E-state index >= 15 is 0 Å². The van der Waals surface area contributed by atoms with Crippen molar-refractivity contribution in [2.24, 2.45) is 5.41 Å². The van der Waals surface area contributed by atoms with Crippen LogP contribution in [0.25, 0.3) is 0 Å². The topological polar surface area (TPSA) is 43.4 Å². The summed E-state index contributed by atoms with van der Waals surface area (Å²) in [6, 6.07) is 4.14. The highest BCUT2D eigenvalue weighted by Crippen LogP contribution is 2.41. The van der Waals surface area contributed by atoms with Crippen LogP contribution in [-0.4, -0.2) is 77.6 Å². The minimum atomic E-state index is 0.437. The van der Waals surface area contributed by atoms with E-state index in [0.717, 1.165) is 44.3 Å². The highest BCUT2D eigenvalue weighted by molar-refractivity contribution is 5.53. The molecule has 0 aliphatic carbocycles. The monoisotopic (exact) mass is 378 g/mol. The summed E-state index contributed by atoms with van der Waals surface area (Å²) in [4.78, 5) is 5.15. The van der Waals surface area contributed by atoms with E-state index < -0.39 is 0 Å². The van der Waals surface area contributed by atoms with Crippen molar-refractivity contribution in [1.29, 1.82) is 0 Å². The molecule has 1 aromatic rings. The third kappa shape index (κ3) is 4.68. The van der Waals surface area contributed by atoms with Crippen molar-refractivity contribution in [3.8, 4) is 17.2 Å². The Hall–Kier alpha value is -1.50. The summed E-state index contributed by atoms with van der Waals surface area (Å²) in [5, 5.41) is 0.